The fraction of sp³-hybridized carbons (Fsp3) is 0.562. The number of nitrogens with zero attached hydrogens (tertiary/aromatic N) is 1. The Morgan fingerprint density at radius 1 is 1.16 bits per heavy atom. The van der Waals surface area contributed by atoms with E-state index >= 15 is 0 Å². The molecule has 0 unspecified atom stereocenters. The van der Waals surface area contributed by atoms with Crippen LogP contribution in [-0.2, 0) is 16.2 Å². The van der Waals surface area contributed by atoms with Crippen molar-refractivity contribution < 1.29 is 26.4 Å². The maximum Gasteiger partial charge on any atom is 0.416 e. The lowest BCUT2D eigenvalue weighted by Crippen LogP contribution is -2.38. The van der Waals surface area contributed by atoms with Crippen molar-refractivity contribution in [2.75, 3.05) is 25.9 Å². The molecule has 0 aliphatic rings. The average Bonchev–Trinajstić information content (AvgIpc) is 2.48. The van der Waals surface area contributed by atoms with Crippen molar-refractivity contribution >= 4 is 15.9 Å². The third kappa shape index (κ3) is 7.43. The Morgan fingerprint density at radius 3 is 2.16 bits per heavy atom. The predicted molar refractivity (Wildman–Crippen MR) is 89.6 cm³/mol. The number of alkyl halides is 3. The van der Waals surface area contributed by atoms with Crippen LogP contribution in [0.4, 0.5) is 13.2 Å². The van der Waals surface area contributed by atoms with E-state index in [2.05, 4.69) is 5.32 Å². The summed E-state index contributed by atoms with van der Waals surface area (Å²) in [5.41, 5.74) is -0.748. The number of hydrogen-bond donors (Lipinski definition) is 1. The van der Waals surface area contributed by atoms with Gasteiger partial charge < -0.3 is 5.32 Å². The molecule has 0 aromatic heterocycles. The highest BCUT2D eigenvalue weighted by Gasteiger charge is 2.30. The van der Waals surface area contributed by atoms with Crippen LogP contribution in [-0.4, -0.2) is 44.5 Å². The number of carbonyl (C=O) groups excluding carboxylic acids is 1. The summed E-state index contributed by atoms with van der Waals surface area (Å²) in [5, 5.41) is 2.52. The molecule has 0 spiro atoms. The zero-order valence-electron chi connectivity index (χ0n) is 14.4. The summed E-state index contributed by atoms with van der Waals surface area (Å²) < 4.78 is 62.2. The molecule has 0 saturated carbocycles. The first-order valence-electron chi connectivity index (χ1n) is 7.82. The lowest BCUT2D eigenvalue weighted by Gasteiger charge is -2.21. The van der Waals surface area contributed by atoms with Crippen LogP contribution in [0.1, 0.15) is 36.2 Å². The summed E-state index contributed by atoms with van der Waals surface area (Å²) in [6.07, 6.45) is -2.66. The van der Waals surface area contributed by atoms with E-state index < -0.39 is 27.7 Å². The van der Waals surface area contributed by atoms with Gasteiger partial charge in [0.15, 0.2) is 0 Å². The summed E-state index contributed by atoms with van der Waals surface area (Å²) in [6, 6.07) is 3.84. The Bertz CT molecular complexity index is 671. The summed E-state index contributed by atoms with van der Waals surface area (Å²) >= 11 is 0. The van der Waals surface area contributed by atoms with Gasteiger partial charge in [-0.25, -0.2) is 12.7 Å². The highest BCUT2D eigenvalue weighted by molar-refractivity contribution is 7.88. The number of sulfonamides is 1. The Balaban J connectivity index is 2.60. The molecule has 0 aliphatic heterocycles. The van der Waals surface area contributed by atoms with Crippen molar-refractivity contribution in [3.8, 4) is 0 Å². The molecule has 0 saturated heterocycles. The van der Waals surface area contributed by atoms with Crippen molar-refractivity contribution in [1.29, 1.82) is 0 Å². The summed E-state index contributed by atoms with van der Waals surface area (Å²) in [5.74, 6) is -0.211. The van der Waals surface area contributed by atoms with E-state index in [4.69, 9.17) is 0 Å². The predicted octanol–water partition coefficient (Wildman–Crippen LogP) is 2.74. The molecular weight excluding hydrogens is 357 g/mol. The maximum absolute atomic E-state index is 12.5. The summed E-state index contributed by atoms with van der Waals surface area (Å²) in [7, 11) is -3.39. The molecule has 0 radical (unpaired) electrons. The van der Waals surface area contributed by atoms with Crippen LogP contribution in [0, 0.1) is 5.92 Å². The van der Waals surface area contributed by atoms with E-state index in [-0.39, 0.29) is 18.7 Å². The zero-order chi connectivity index (χ0) is 19.3. The van der Waals surface area contributed by atoms with Crippen molar-refractivity contribution in [3.05, 3.63) is 35.4 Å². The van der Waals surface area contributed by atoms with Crippen LogP contribution in [0.25, 0.3) is 0 Å². The quantitative estimate of drug-likeness (QED) is 0.754. The number of hydrogen-bond acceptors (Lipinski definition) is 3. The lowest BCUT2D eigenvalue weighted by molar-refractivity contribution is -0.137. The zero-order valence-corrected chi connectivity index (χ0v) is 15.2. The fourth-order valence-corrected chi connectivity index (χ4v) is 2.91. The van der Waals surface area contributed by atoms with E-state index in [1.165, 1.54) is 4.31 Å². The third-order valence-electron chi connectivity index (χ3n) is 3.55. The molecule has 1 amide bonds. The molecule has 0 fully saturated rings. The van der Waals surface area contributed by atoms with Crippen LogP contribution in [0.5, 0.6) is 0 Å². The van der Waals surface area contributed by atoms with Gasteiger partial charge in [0, 0.05) is 25.2 Å². The number of benzene rings is 1. The Morgan fingerprint density at radius 2 is 1.72 bits per heavy atom. The molecule has 0 aliphatic carbocycles. The topological polar surface area (TPSA) is 66.5 Å². The molecule has 0 heterocycles. The van der Waals surface area contributed by atoms with Crippen molar-refractivity contribution in [1.82, 2.24) is 9.62 Å². The number of amides is 1. The highest BCUT2D eigenvalue weighted by atomic mass is 32.2. The minimum Gasteiger partial charge on any atom is -0.351 e. The molecule has 9 heteroatoms. The number of halogens is 3. The molecule has 25 heavy (non-hydrogen) atoms. The monoisotopic (exact) mass is 380 g/mol. The van der Waals surface area contributed by atoms with E-state index in [0.29, 0.717) is 18.9 Å². The second kappa shape index (κ2) is 8.66. The molecule has 0 atom stereocenters. The molecule has 1 rings (SSSR count). The van der Waals surface area contributed by atoms with Crippen LogP contribution in [0.3, 0.4) is 0 Å². The van der Waals surface area contributed by atoms with Gasteiger partial charge in [0.25, 0.3) is 5.91 Å². The Labute approximate surface area is 146 Å². The standard InChI is InChI=1S/C16H23F3N2O3S/c1-12(2)8-10-21(25(3,23)24)11-9-20-15(22)13-4-6-14(7-5-13)16(17,18)19/h4-7,12H,8-11H2,1-3H3,(H,20,22). The minimum absolute atomic E-state index is 0.0744. The van der Waals surface area contributed by atoms with Crippen LogP contribution in [0.15, 0.2) is 24.3 Å². The Kier molecular flexibility index (Phi) is 7.43. The summed E-state index contributed by atoms with van der Waals surface area (Å²) in [4.78, 5) is 11.9. The molecular formula is C16H23F3N2O3S. The van der Waals surface area contributed by atoms with Crippen molar-refractivity contribution in [3.63, 3.8) is 0 Å². The second-order valence-electron chi connectivity index (χ2n) is 6.18. The fourth-order valence-electron chi connectivity index (χ4n) is 2.05. The Hall–Kier alpha value is -1.61. The molecule has 1 aromatic carbocycles. The minimum atomic E-state index is -4.46. The number of rotatable bonds is 8. The summed E-state index contributed by atoms with van der Waals surface area (Å²) in [6.45, 7) is 4.50. The van der Waals surface area contributed by atoms with Crippen LogP contribution < -0.4 is 5.32 Å². The molecule has 142 valence electrons. The molecule has 1 aromatic rings. The van der Waals surface area contributed by atoms with Gasteiger partial charge in [0.05, 0.1) is 11.8 Å². The first-order valence-corrected chi connectivity index (χ1v) is 9.66. The normalized spacial score (nSPS) is 12.6. The van der Waals surface area contributed by atoms with Gasteiger partial charge in [-0.3, -0.25) is 4.79 Å². The lowest BCUT2D eigenvalue weighted by atomic mass is 10.1. The van der Waals surface area contributed by atoms with Gasteiger partial charge in [-0.05, 0) is 36.6 Å². The van der Waals surface area contributed by atoms with Crippen molar-refractivity contribution in [2.45, 2.75) is 26.4 Å². The third-order valence-corrected chi connectivity index (χ3v) is 4.85. The van der Waals surface area contributed by atoms with Crippen LogP contribution >= 0.6 is 0 Å². The van der Waals surface area contributed by atoms with Gasteiger partial charge in [-0.2, -0.15) is 13.2 Å². The smallest absolute Gasteiger partial charge is 0.351 e. The van der Waals surface area contributed by atoms with Gasteiger partial charge in [0.2, 0.25) is 10.0 Å². The SMILES string of the molecule is CC(C)CCN(CCNC(=O)c1ccc(C(F)(F)F)cc1)S(C)(=O)=O. The van der Waals surface area contributed by atoms with Gasteiger partial charge >= 0.3 is 6.18 Å². The van der Waals surface area contributed by atoms with Crippen LogP contribution in [0.2, 0.25) is 0 Å². The second-order valence-corrected chi connectivity index (χ2v) is 8.16. The number of nitrogens with one attached hydrogen (secondary N) is 1. The maximum atomic E-state index is 12.5. The molecule has 5 nitrogen and oxygen atoms in total. The highest BCUT2D eigenvalue weighted by Crippen LogP contribution is 2.29. The van der Waals surface area contributed by atoms with Gasteiger partial charge in [-0.1, -0.05) is 13.8 Å². The van der Waals surface area contributed by atoms with E-state index in [1.54, 1.807) is 0 Å². The van der Waals surface area contributed by atoms with E-state index in [1.807, 2.05) is 13.8 Å². The molecule has 0 bridgehead atoms. The van der Waals surface area contributed by atoms with E-state index in [0.717, 1.165) is 30.5 Å². The average molecular weight is 380 g/mol. The number of carbonyl (C=O) groups is 1. The van der Waals surface area contributed by atoms with Gasteiger partial charge in [-0.15, -0.1) is 0 Å². The first-order chi connectivity index (χ1) is 11.4. The first kappa shape index (κ1) is 21.4. The van der Waals surface area contributed by atoms with Gasteiger partial charge in [0.1, 0.15) is 0 Å². The molecule has 1 N–H and O–H groups in total. The van der Waals surface area contributed by atoms with Crippen molar-refractivity contribution in [2.24, 2.45) is 5.92 Å². The largest absolute Gasteiger partial charge is 0.416 e. The van der Waals surface area contributed by atoms with E-state index in [9.17, 15) is 26.4 Å².